The van der Waals surface area contributed by atoms with Crippen LogP contribution in [0, 0.1) is 0 Å². The van der Waals surface area contributed by atoms with Gasteiger partial charge in [-0.3, -0.25) is 9.46 Å². The molecule has 0 bridgehead atoms. The van der Waals surface area contributed by atoms with Crippen molar-refractivity contribution in [2.75, 3.05) is 19.6 Å². The Morgan fingerprint density at radius 2 is 1.68 bits per heavy atom. The highest BCUT2D eigenvalue weighted by Gasteiger charge is 2.49. The largest absolute Gasteiger partial charge is 0.401 e. The fraction of sp³-hybridized carbons (Fsp3) is 1.00. The molecule has 12 heteroatoms. The molecule has 3 N–H and O–H groups in total. The normalized spacial score (nSPS) is 27.5. The molecule has 22 heavy (non-hydrogen) atoms. The Balaban J connectivity index is 0.000000980. The first-order valence-electron chi connectivity index (χ1n) is 6.19. The first kappa shape index (κ1) is 21.6. The maximum atomic E-state index is 12.5. The Morgan fingerprint density at radius 3 is 2.05 bits per heavy atom. The topological polar surface area (TPSA) is 72.8 Å². The van der Waals surface area contributed by atoms with Crippen molar-refractivity contribution in [2.24, 2.45) is 0 Å². The lowest BCUT2D eigenvalue weighted by molar-refractivity contribution is -0.197. The summed E-state index contributed by atoms with van der Waals surface area (Å²) in [5, 5.41) is 2.75. The van der Waals surface area contributed by atoms with Gasteiger partial charge in [0.1, 0.15) is 0 Å². The van der Waals surface area contributed by atoms with Gasteiger partial charge in [-0.1, -0.05) is 0 Å². The molecular weight excluding hydrogens is 341 g/mol. The van der Waals surface area contributed by atoms with E-state index in [1.807, 2.05) is 0 Å². The summed E-state index contributed by atoms with van der Waals surface area (Å²) in [6.07, 6.45) is -10.2. The van der Waals surface area contributed by atoms with Gasteiger partial charge in [0.05, 0.1) is 13.0 Å². The van der Waals surface area contributed by atoms with Crippen molar-refractivity contribution in [2.45, 2.75) is 44.2 Å². The van der Waals surface area contributed by atoms with Gasteiger partial charge in [-0.15, -0.1) is 0 Å². The highest BCUT2D eigenvalue weighted by atomic mass is 31.1. The quantitative estimate of drug-likeness (QED) is 0.518. The van der Waals surface area contributed by atoms with Crippen LogP contribution in [0.15, 0.2) is 0 Å². The molecule has 0 aromatic rings. The highest BCUT2D eigenvalue weighted by Crippen LogP contribution is 2.35. The van der Waals surface area contributed by atoms with Crippen LogP contribution in [0.5, 0.6) is 0 Å². The van der Waals surface area contributed by atoms with Gasteiger partial charge in [0.15, 0.2) is 0 Å². The highest BCUT2D eigenvalue weighted by molar-refractivity contribution is 7.30. The van der Waals surface area contributed by atoms with Crippen molar-refractivity contribution in [3.8, 4) is 0 Å². The zero-order valence-electron chi connectivity index (χ0n) is 11.9. The fourth-order valence-electron chi connectivity index (χ4n) is 2.43. The summed E-state index contributed by atoms with van der Waals surface area (Å²) < 4.78 is 83.5. The summed E-state index contributed by atoms with van der Waals surface area (Å²) in [5.74, 6) is 0. The van der Waals surface area contributed by atoms with Gasteiger partial charge >= 0.3 is 20.6 Å². The monoisotopic (exact) mass is 360 g/mol. The van der Waals surface area contributed by atoms with E-state index < -0.39 is 45.2 Å². The van der Waals surface area contributed by atoms with Crippen LogP contribution in [0.2, 0.25) is 0 Å². The van der Waals surface area contributed by atoms with Gasteiger partial charge in [-0.05, 0) is 13.8 Å². The second-order valence-corrected chi connectivity index (χ2v) is 5.86. The second-order valence-electron chi connectivity index (χ2n) is 5.29. The Kier molecular flexibility index (Phi) is 7.83. The van der Waals surface area contributed by atoms with E-state index in [4.69, 9.17) is 14.4 Å². The van der Waals surface area contributed by atoms with Crippen molar-refractivity contribution in [3.63, 3.8) is 0 Å². The third-order valence-electron chi connectivity index (χ3n) is 3.10. The molecule has 1 aliphatic rings. The van der Waals surface area contributed by atoms with E-state index in [1.165, 1.54) is 13.8 Å². The number of halogens is 6. The molecule has 1 aliphatic heterocycles. The van der Waals surface area contributed by atoms with E-state index in [2.05, 4.69) is 5.32 Å². The fourth-order valence-corrected chi connectivity index (χ4v) is 2.43. The predicted molar refractivity (Wildman–Crippen MR) is 67.6 cm³/mol. The van der Waals surface area contributed by atoms with E-state index in [0.717, 1.165) is 4.90 Å². The lowest BCUT2D eigenvalue weighted by Crippen LogP contribution is -2.66. The summed E-state index contributed by atoms with van der Waals surface area (Å²) in [5.41, 5.74) is -1.56. The van der Waals surface area contributed by atoms with E-state index in [1.54, 1.807) is 0 Å². The molecule has 2 unspecified atom stereocenters. The minimum atomic E-state index is -4.50. The van der Waals surface area contributed by atoms with Crippen LogP contribution in [-0.2, 0) is 4.57 Å². The number of hydrogen-bond acceptors (Lipinski definition) is 3. The summed E-state index contributed by atoms with van der Waals surface area (Å²) in [7, 11) is -3.13. The lowest BCUT2D eigenvalue weighted by atomic mass is 9.90. The van der Waals surface area contributed by atoms with Crippen LogP contribution in [0.25, 0.3) is 0 Å². The molecule has 0 saturated carbocycles. The van der Waals surface area contributed by atoms with Crippen molar-refractivity contribution >= 4 is 8.25 Å². The molecule has 0 aromatic carbocycles. The van der Waals surface area contributed by atoms with Crippen LogP contribution in [0.3, 0.4) is 0 Å². The van der Waals surface area contributed by atoms with Crippen molar-refractivity contribution in [1.29, 1.82) is 0 Å². The average molecular weight is 360 g/mol. The molecule has 2 atom stereocenters. The van der Waals surface area contributed by atoms with Crippen molar-refractivity contribution in [1.82, 2.24) is 10.2 Å². The molecule has 1 fully saturated rings. The Labute approximate surface area is 124 Å². The van der Waals surface area contributed by atoms with E-state index in [0.29, 0.717) is 0 Å². The summed E-state index contributed by atoms with van der Waals surface area (Å²) in [6.45, 7) is 1.54. The van der Waals surface area contributed by atoms with Gasteiger partial charge in [0.25, 0.3) is 0 Å². The third kappa shape index (κ3) is 8.94. The Hall–Kier alpha value is -0.350. The SMILES string of the molecule is CC1CNCC(C)(CC(F)(F)F)N1CC(F)(F)F.O=[PH](O)O. The number of rotatable bonds is 2. The summed E-state index contributed by atoms with van der Waals surface area (Å²) in [6, 6.07) is -0.590. The molecule has 1 saturated heterocycles. The minimum Gasteiger partial charge on any atom is -0.326 e. The zero-order valence-corrected chi connectivity index (χ0v) is 12.9. The van der Waals surface area contributed by atoms with Crippen LogP contribution in [-0.4, -0.2) is 58.3 Å². The molecule has 0 amide bonds. The maximum Gasteiger partial charge on any atom is 0.401 e. The molecule has 1 heterocycles. The smallest absolute Gasteiger partial charge is 0.326 e. The average Bonchev–Trinajstić information content (AvgIpc) is 2.19. The molecule has 0 aliphatic carbocycles. The zero-order chi connectivity index (χ0) is 17.8. The lowest BCUT2D eigenvalue weighted by Gasteiger charge is -2.49. The number of nitrogens with one attached hydrogen (secondary N) is 1. The standard InChI is InChI=1S/C10H16F6N2.H3O3P/c1-7-3-17-5-8(2,4-9(11,12)13)18(7)6-10(14,15)16;1-4(2)3/h7,17H,3-6H2,1-2H3;4H,(H2,1,2,3). The van der Waals surface area contributed by atoms with Crippen molar-refractivity contribution < 1.29 is 40.7 Å². The Bertz CT molecular complexity index is 375. The molecule has 5 nitrogen and oxygen atoms in total. The third-order valence-corrected chi connectivity index (χ3v) is 3.10. The maximum absolute atomic E-state index is 12.5. The minimum absolute atomic E-state index is 0.104. The molecule has 134 valence electrons. The molecular formula is C10H19F6N2O3P. The van der Waals surface area contributed by atoms with E-state index in [-0.39, 0.29) is 13.1 Å². The van der Waals surface area contributed by atoms with Gasteiger partial charge < -0.3 is 15.1 Å². The molecule has 0 radical (unpaired) electrons. The second kappa shape index (κ2) is 7.96. The van der Waals surface area contributed by atoms with Crippen LogP contribution in [0.4, 0.5) is 26.3 Å². The number of alkyl halides is 6. The number of piperazine rings is 1. The van der Waals surface area contributed by atoms with Gasteiger partial charge in [-0.2, -0.15) is 26.3 Å². The number of hydrogen-bond donors (Lipinski definition) is 3. The summed E-state index contributed by atoms with van der Waals surface area (Å²) >= 11 is 0. The van der Waals surface area contributed by atoms with Gasteiger partial charge in [-0.25, -0.2) is 0 Å². The molecule has 0 aromatic heterocycles. The molecule has 0 spiro atoms. The number of nitrogens with zero attached hydrogens (tertiary/aromatic N) is 1. The van der Waals surface area contributed by atoms with Crippen molar-refractivity contribution in [3.05, 3.63) is 0 Å². The van der Waals surface area contributed by atoms with Crippen LogP contribution >= 0.6 is 8.25 Å². The van der Waals surface area contributed by atoms with E-state index in [9.17, 15) is 26.3 Å². The Morgan fingerprint density at radius 1 is 1.23 bits per heavy atom. The predicted octanol–water partition coefficient (Wildman–Crippen LogP) is 1.91. The molecule has 1 rings (SSSR count). The summed E-state index contributed by atoms with van der Waals surface area (Å²) in [4.78, 5) is 15.2. The van der Waals surface area contributed by atoms with E-state index >= 15 is 0 Å². The van der Waals surface area contributed by atoms with Crippen LogP contribution in [0.1, 0.15) is 20.3 Å². The first-order valence-corrected chi connectivity index (χ1v) is 7.49. The van der Waals surface area contributed by atoms with Gasteiger partial charge in [0, 0.05) is 24.7 Å². The van der Waals surface area contributed by atoms with Gasteiger partial charge in [0.2, 0.25) is 0 Å². The van der Waals surface area contributed by atoms with Crippen LogP contribution < -0.4 is 5.32 Å². The first-order chi connectivity index (χ1) is 9.66.